The lowest BCUT2D eigenvalue weighted by Crippen LogP contribution is -2.51. The van der Waals surface area contributed by atoms with Crippen molar-refractivity contribution < 1.29 is 43.0 Å². The Morgan fingerprint density at radius 3 is 1.54 bits per heavy atom. The molecule has 1 unspecified atom stereocenters. The molecule has 0 radical (unpaired) electrons. The van der Waals surface area contributed by atoms with Crippen molar-refractivity contribution in [3.8, 4) is 0 Å². The van der Waals surface area contributed by atoms with E-state index < -0.39 is 24.3 Å². The van der Waals surface area contributed by atoms with Gasteiger partial charge in [-0.2, -0.15) is 0 Å². The fourth-order valence-corrected chi connectivity index (χ4v) is 6.89. The van der Waals surface area contributed by atoms with Crippen LogP contribution in [-0.4, -0.2) is 97.7 Å². The molecule has 15 nitrogen and oxygen atoms in total. The van der Waals surface area contributed by atoms with E-state index in [1.807, 2.05) is 91.0 Å². The molecule has 0 saturated heterocycles. The second-order valence-corrected chi connectivity index (χ2v) is 15.0. The number of nitrogens with one attached hydrogen (secondary N) is 4. The van der Waals surface area contributed by atoms with E-state index in [0.717, 1.165) is 16.7 Å². The number of unbranched alkanes of at least 4 members (excludes halogenated alkanes) is 2. The Morgan fingerprint density at radius 2 is 0.984 bits per heavy atom. The predicted molar refractivity (Wildman–Crippen MR) is 236 cm³/mol. The second-order valence-electron chi connectivity index (χ2n) is 15.0. The lowest BCUT2D eigenvalue weighted by Gasteiger charge is -2.30. The summed E-state index contributed by atoms with van der Waals surface area (Å²) in [6.45, 7) is 2.77. The second kappa shape index (κ2) is 26.6. The Bertz CT molecular complexity index is 2020. The van der Waals surface area contributed by atoms with Gasteiger partial charge in [-0.15, -0.1) is 0 Å². The van der Waals surface area contributed by atoms with E-state index in [2.05, 4.69) is 21.3 Å². The SMILES string of the molecule is O=C(NCCCNCCCC(C(=O)NCCCCCN1C(=O)c2ccccc2C1=O)N(CCCNC(=O)OCc1ccccc1)C(=O)OCc1ccccc1)OCc1ccccc1. The smallest absolute Gasteiger partial charge is 0.410 e. The third kappa shape index (κ3) is 16.2. The van der Waals surface area contributed by atoms with Gasteiger partial charge in [0.2, 0.25) is 5.91 Å². The van der Waals surface area contributed by atoms with E-state index >= 15 is 0 Å². The van der Waals surface area contributed by atoms with Gasteiger partial charge in [0.15, 0.2) is 0 Å². The number of benzene rings is 4. The number of hydrogen-bond donors (Lipinski definition) is 4. The van der Waals surface area contributed by atoms with Crippen molar-refractivity contribution in [3.05, 3.63) is 143 Å². The van der Waals surface area contributed by atoms with E-state index in [1.165, 1.54) is 9.80 Å². The number of imide groups is 1. The number of alkyl carbamates (subject to hydrolysis) is 2. The summed E-state index contributed by atoms with van der Waals surface area (Å²) in [6.07, 6.45) is 1.88. The Balaban J connectivity index is 1.12. The summed E-state index contributed by atoms with van der Waals surface area (Å²) in [4.78, 5) is 80.6. The molecule has 5 rings (SSSR count). The molecule has 0 aromatic heterocycles. The average Bonchev–Trinajstić information content (AvgIpc) is 3.56. The normalized spacial score (nSPS) is 12.2. The molecule has 1 aliphatic heterocycles. The molecular formula is C48H58N6O9. The number of carbonyl (C=O) groups excluding carboxylic acids is 6. The van der Waals surface area contributed by atoms with Crippen molar-refractivity contribution in [2.24, 2.45) is 0 Å². The molecule has 1 atom stereocenters. The van der Waals surface area contributed by atoms with Crippen LogP contribution in [0.5, 0.6) is 0 Å². The summed E-state index contributed by atoms with van der Waals surface area (Å²) in [5, 5.41) is 11.8. The number of rotatable bonds is 26. The number of carbonyl (C=O) groups is 6. The molecule has 334 valence electrons. The monoisotopic (exact) mass is 862 g/mol. The van der Waals surface area contributed by atoms with Gasteiger partial charge < -0.3 is 35.5 Å². The van der Waals surface area contributed by atoms with Crippen LogP contribution < -0.4 is 21.3 Å². The van der Waals surface area contributed by atoms with E-state index in [4.69, 9.17) is 14.2 Å². The summed E-state index contributed by atoms with van der Waals surface area (Å²) < 4.78 is 16.3. The highest BCUT2D eigenvalue weighted by molar-refractivity contribution is 6.21. The predicted octanol–water partition coefficient (Wildman–Crippen LogP) is 6.58. The molecule has 0 spiro atoms. The van der Waals surface area contributed by atoms with Gasteiger partial charge >= 0.3 is 18.3 Å². The quantitative estimate of drug-likeness (QED) is 0.0306. The first-order valence-electron chi connectivity index (χ1n) is 21.6. The molecule has 4 aromatic rings. The number of fused-ring (bicyclic) bond motifs is 1. The van der Waals surface area contributed by atoms with Gasteiger partial charge in [-0.25, -0.2) is 14.4 Å². The zero-order chi connectivity index (χ0) is 44.5. The van der Waals surface area contributed by atoms with Crippen LogP contribution in [0.4, 0.5) is 14.4 Å². The van der Waals surface area contributed by atoms with Crippen LogP contribution in [0.3, 0.4) is 0 Å². The number of ether oxygens (including phenoxy) is 3. The summed E-state index contributed by atoms with van der Waals surface area (Å²) in [5.41, 5.74) is 3.37. The summed E-state index contributed by atoms with van der Waals surface area (Å²) >= 11 is 0. The van der Waals surface area contributed by atoms with E-state index in [0.29, 0.717) is 82.3 Å². The van der Waals surface area contributed by atoms with Crippen molar-refractivity contribution in [1.29, 1.82) is 0 Å². The van der Waals surface area contributed by atoms with Gasteiger partial charge in [0.25, 0.3) is 11.8 Å². The summed E-state index contributed by atoms with van der Waals surface area (Å²) in [5.74, 6) is -0.938. The lowest BCUT2D eigenvalue weighted by molar-refractivity contribution is -0.126. The van der Waals surface area contributed by atoms with E-state index in [9.17, 15) is 28.8 Å². The average molecular weight is 863 g/mol. The highest BCUT2D eigenvalue weighted by atomic mass is 16.6. The maximum Gasteiger partial charge on any atom is 0.410 e. The molecule has 0 aliphatic carbocycles. The zero-order valence-electron chi connectivity index (χ0n) is 35.6. The van der Waals surface area contributed by atoms with Gasteiger partial charge in [0.1, 0.15) is 25.9 Å². The van der Waals surface area contributed by atoms with Crippen LogP contribution in [0.25, 0.3) is 0 Å². The molecule has 15 heteroatoms. The van der Waals surface area contributed by atoms with Crippen LogP contribution in [0.1, 0.15) is 82.4 Å². The van der Waals surface area contributed by atoms with Crippen molar-refractivity contribution in [2.75, 3.05) is 45.8 Å². The number of nitrogens with zero attached hydrogens (tertiary/aromatic N) is 2. The maximum absolute atomic E-state index is 14.0. The maximum atomic E-state index is 14.0. The molecule has 1 heterocycles. The molecule has 0 bridgehead atoms. The molecular weight excluding hydrogens is 805 g/mol. The third-order valence-electron chi connectivity index (χ3n) is 10.3. The first kappa shape index (κ1) is 47.3. The Hall–Kier alpha value is -6.74. The van der Waals surface area contributed by atoms with E-state index in [1.54, 1.807) is 24.3 Å². The summed E-state index contributed by atoms with van der Waals surface area (Å²) in [6, 6.07) is 33.9. The largest absolute Gasteiger partial charge is 0.445 e. The molecule has 4 N–H and O–H groups in total. The van der Waals surface area contributed by atoms with E-state index in [-0.39, 0.29) is 57.2 Å². The molecule has 1 aliphatic rings. The fraction of sp³-hybridized carbons (Fsp3) is 0.375. The van der Waals surface area contributed by atoms with Gasteiger partial charge in [-0.3, -0.25) is 24.2 Å². The standard InChI is InChI=1S/C48H58N6O9/c55-43(50-29-13-4-14-32-54-44(56)40-24-11-12-25-41(40)45(54)57)42(26-15-27-49-28-16-30-51-46(58)61-34-37-18-5-1-6-19-37)53(48(60)63-36-39-22-9-3-10-23-39)33-17-31-52-47(59)62-35-38-20-7-2-8-21-38/h1-3,5-12,18-25,42,49H,4,13-17,26-36H2,(H,50,55)(H,51,58)(H,52,59). The summed E-state index contributed by atoms with van der Waals surface area (Å²) in [7, 11) is 0. The van der Waals surface area contributed by atoms with Crippen molar-refractivity contribution in [3.63, 3.8) is 0 Å². The molecule has 6 amide bonds. The van der Waals surface area contributed by atoms with Gasteiger partial charge in [0.05, 0.1) is 11.1 Å². The third-order valence-corrected chi connectivity index (χ3v) is 10.3. The van der Waals surface area contributed by atoms with Crippen LogP contribution in [0, 0.1) is 0 Å². The van der Waals surface area contributed by atoms with Crippen molar-refractivity contribution in [1.82, 2.24) is 31.1 Å². The molecule has 0 fully saturated rings. The zero-order valence-corrected chi connectivity index (χ0v) is 35.6. The number of hydrogen-bond acceptors (Lipinski definition) is 10. The fourth-order valence-electron chi connectivity index (χ4n) is 6.89. The minimum Gasteiger partial charge on any atom is -0.445 e. The molecule has 63 heavy (non-hydrogen) atoms. The highest BCUT2D eigenvalue weighted by Gasteiger charge is 2.34. The van der Waals surface area contributed by atoms with Crippen LogP contribution in [0.15, 0.2) is 115 Å². The first-order valence-corrected chi connectivity index (χ1v) is 21.6. The first-order chi connectivity index (χ1) is 30.8. The molecule has 0 saturated carbocycles. The molecule has 4 aromatic carbocycles. The van der Waals surface area contributed by atoms with Gasteiger partial charge in [0, 0.05) is 32.7 Å². The highest BCUT2D eigenvalue weighted by Crippen LogP contribution is 2.23. The Morgan fingerprint density at radius 1 is 0.508 bits per heavy atom. The van der Waals surface area contributed by atoms with Crippen molar-refractivity contribution in [2.45, 2.75) is 70.8 Å². The van der Waals surface area contributed by atoms with Crippen molar-refractivity contribution >= 4 is 36.0 Å². The Kier molecular flexibility index (Phi) is 19.9. The number of amides is 6. The van der Waals surface area contributed by atoms with Crippen LogP contribution in [0.2, 0.25) is 0 Å². The minimum absolute atomic E-state index is 0.0110. The Labute approximate surface area is 368 Å². The van der Waals surface area contributed by atoms with Crippen LogP contribution in [-0.2, 0) is 38.8 Å². The van der Waals surface area contributed by atoms with Crippen LogP contribution >= 0.6 is 0 Å². The minimum atomic E-state index is -0.889. The van der Waals surface area contributed by atoms with Gasteiger partial charge in [-0.1, -0.05) is 103 Å². The topological polar surface area (TPSA) is 185 Å². The van der Waals surface area contributed by atoms with Gasteiger partial charge in [-0.05, 0) is 86.9 Å². The lowest BCUT2D eigenvalue weighted by atomic mass is 10.1.